The van der Waals surface area contributed by atoms with Crippen LogP contribution in [-0.2, 0) is 6.61 Å². The van der Waals surface area contributed by atoms with Crippen molar-refractivity contribution in [2.45, 2.75) is 6.61 Å². The van der Waals surface area contributed by atoms with E-state index < -0.39 is 0 Å². The highest BCUT2D eigenvalue weighted by Crippen LogP contribution is 2.29. The smallest absolute Gasteiger partial charge is 0.190 e. The lowest BCUT2D eigenvalue weighted by molar-refractivity contribution is 0.104. The topological polar surface area (TPSA) is 26.3 Å². The Morgan fingerprint density at radius 1 is 0.750 bits per heavy atom. The van der Waals surface area contributed by atoms with Crippen LogP contribution in [0.2, 0.25) is 0 Å². The summed E-state index contributed by atoms with van der Waals surface area (Å²) in [7, 11) is 0. The van der Waals surface area contributed by atoms with Crippen molar-refractivity contribution in [3.05, 3.63) is 120 Å². The minimum Gasteiger partial charge on any atom is -0.488 e. The number of carbonyl (C=O) groups is 1. The molecule has 0 aromatic heterocycles. The molecule has 4 aromatic rings. The maximum absolute atomic E-state index is 13.1. The number of hydrogen-bond acceptors (Lipinski definition) is 2. The normalized spacial score (nSPS) is 11.0. The third kappa shape index (κ3) is 4.02. The zero-order chi connectivity index (χ0) is 19.2. The molecule has 0 bridgehead atoms. The molecule has 0 N–H and O–H groups in total. The molecule has 0 spiro atoms. The van der Waals surface area contributed by atoms with Gasteiger partial charge < -0.3 is 4.74 Å². The van der Waals surface area contributed by atoms with E-state index in [-0.39, 0.29) is 5.78 Å². The van der Waals surface area contributed by atoms with Gasteiger partial charge in [0, 0.05) is 0 Å². The van der Waals surface area contributed by atoms with Gasteiger partial charge in [0.1, 0.15) is 12.4 Å². The molecule has 0 unspecified atom stereocenters. The van der Waals surface area contributed by atoms with E-state index in [0.717, 1.165) is 21.9 Å². The Balaban J connectivity index is 1.69. The van der Waals surface area contributed by atoms with Gasteiger partial charge in [-0.05, 0) is 34.0 Å². The molecule has 0 aliphatic heterocycles. The standard InChI is InChI=1S/C26H20O2/c27-24(17-15-20-9-3-1-4-10-20)26-23-14-8-7-13-22(23)16-18-25(26)28-19-21-11-5-2-6-12-21/h1-18H,19H2/b17-15-. The highest BCUT2D eigenvalue weighted by Gasteiger charge is 2.15. The zero-order valence-electron chi connectivity index (χ0n) is 15.4. The Kier molecular flexibility index (Phi) is 5.30. The van der Waals surface area contributed by atoms with Crippen LogP contribution in [0.5, 0.6) is 5.75 Å². The van der Waals surface area contributed by atoms with Crippen molar-refractivity contribution in [1.29, 1.82) is 0 Å². The number of ketones is 1. The molecule has 2 heteroatoms. The fraction of sp³-hybridized carbons (Fsp3) is 0.0385. The fourth-order valence-corrected chi connectivity index (χ4v) is 3.18. The largest absolute Gasteiger partial charge is 0.488 e. The average molecular weight is 364 g/mol. The van der Waals surface area contributed by atoms with Crippen molar-refractivity contribution in [3.63, 3.8) is 0 Å². The quantitative estimate of drug-likeness (QED) is 0.296. The van der Waals surface area contributed by atoms with Crippen LogP contribution >= 0.6 is 0 Å². The minimum absolute atomic E-state index is 0.0660. The number of ether oxygens (including phenoxy) is 1. The van der Waals surface area contributed by atoms with Crippen LogP contribution in [0.4, 0.5) is 0 Å². The second-order valence-electron chi connectivity index (χ2n) is 6.54. The van der Waals surface area contributed by atoms with Crippen molar-refractivity contribution in [3.8, 4) is 5.75 Å². The van der Waals surface area contributed by atoms with E-state index >= 15 is 0 Å². The molecule has 4 aromatic carbocycles. The van der Waals surface area contributed by atoms with E-state index in [1.807, 2.05) is 103 Å². The van der Waals surface area contributed by atoms with E-state index in [4.69, 9.17) is 4.74 Å². The summed E-state index contributed by atoms with van der Waals surface area (Å²) in [6.07, 6.45) is 3.46. The van der Waals surface area contributed by atoms with Crippen molar-refractivity contribution >= 4 is 22.6 Å². The summed E-state index contributed by atoms with van der Waals surface area (Å²) < 4.78 is 6.05. The van der Waals surface area contributed by atoms with Gasteiger partial charge in [-0.25, -0.2) is 0 Å². The first-order valence-corrected chi connectivity index (χ1v) is 9.27. The Bertz CT molecular complexity index is 1110. The number of allylic oxidation sites excluding steroid dienone is 1. The molecular formula is C26H20O2. The summed E-state index contributed by atoms with van der Waals surface area (Å²) in [5.41, 5.74) is 2.65. The van der Waals surface area contributed by atoms with E-state index in [9.17, 15) is 4.79 Å². The first-order valence-electron chi connectivity index (χ1n) is 9.27. The van der Waals surface area contributed by atoms with Crippen LogP contribution in [0.15, 0.2) is 103 Å². The van der Waals surface area contributed by atoms with Crippen LogP contribution in [0, 0.1) is 0 Å². The van der Waals surface area contributed by atoms with Crippen molar-refractivity contribution in [2.75, 3.05) is 0 Å². The maximum atomic E-state index is 13.1. The van der Waals surface area contributed by atoms with Crippen LogP contribution in [-0.4, -0.2) is 5.78 Å². The highest BCUT2D eigenvalue weighted by atomic mass is 16.5. The number of fused-ring (bicyclic) bond motifs is 1. The van der Waals surface area contributed by atoms with Crippen molar-refractivity contribution in [2.24, 2.45) is 0 Å². The summed E-state index contributed by atoms with van der Waals surface area (Å²) >= 11 is 0. The minimum atomic E-state index is -0.0660. The van der Waals surface area contributed by atoms with Crippen LogP contribution in [0.1, 0.15) is 21.5 Å². The van der Waals surface area contributed by atoms with Crippen LogP contribution < -0.4 is 4.74 Å². The molecule has 136 valence electrons. The predicted octanol–water partition coefficient (Wildman–Crippen LogP) is 6.31. The summed E-state index contributed by atoms with van der Waals surface area (Å²) in [5.74, 6) is 0.536. The summed E-state index contributed by atoms with van der Waals surface area (Å²) in [4.78, 5) is 13.1. The Labute approximate surface area is 164 Å². The average Bonchev–Trinajstić information content (AvgIpc) is 2.77. The summed E-state index contributed by atoms with van der Waals surface area (Å²) in [6.45, 7) is 0.419. The first-order chi connectivity index (χ1) is 13.8. The first kappa shape index (κ1) is 17.7. The SMILES string of the molecule is O=C(/C=C\c1ccccc1)c1c(OCc2ccccc2)ccc2ccccc12. The van der Waals surface area contributed by atoms with Gasteiger partial charge in [0.15, 0.2) is 5.78 Å². The van der Waals surface area contributed by atoms with Gasteiger partial charge >= 0.3 is 0 Å². The van der Waals surface area contributed by atoms with Gasteiger partial charge in [-0.1, -0.05) is 97.1 Å². The molecule has 0 radical (unpaired) electrons. The molecule has 0 atom stereocenters. The van der Waals surface area contributed by atoms with Crippen LogP contribution in [0.3, 0.4) is 0 Å². The van der Waals surface area contributed by atoms with Gasteiger partial charge in [-0.2, -0.15) is 0 Å². The number of carbonyl (C=O) groups excluding carboxylic acids is 1. The molecule has 0 saturated heterocycles. The van der Waals surface area contributed by atoms with E-state index in [1.165, 1.54) is 0 Å². The molecule has 4 rings (SSSR count). The van der Waals surface area contributed by atoms with E-state index in [0.29, 0.717) is 17.9 Å². The maximum Gasteiger partial charge on any atom is 0.190 e. The zero-order valence-corrected chi connectivity index (χ0v) is 15.4. The Morgan fingerprint density at radius 3 is 2.21 bits per heavy atom. The van der Waals surface area contributed by atoms with Gasteiger partial charge in [0.05, 0.1) is 5.56 Å². The lowest BCUT2D eigenvalue weighted by Crippen LogP contribution is -2.03. The number of benzene rings is 4. The van der Waals surface area contributed by atoms with E-state index in [2.05, 4.69) is 0 Å². The highest BCUT2D eigenvalue weighted by molar-refractivity contribution is 6.16. The van der Waals surface area contributed by atoms with Gasteiger partial charge in [-0.15, -0.1) is 0 Å². The number of hydrogen-bond donors (Lipinski definition) is 0. The molecule has 0 amide bonds. The predicted molar refractivity (Wildman–Crippen MR) is 115 cm³/mol. The lowest BCUT2D eigenvalue weighted by Gasteiger charge is -2.13. The molecule has 0 fully saturated rings. The molecular weight excluding hydrogens is 344 g/mol. The third-order valence-electron chi connectivity index (χ3n) is 4.60. The third-order valence-corrected chi connectivity index (χ3v) is 4.60. The van der Waals surface area contributed by atoms with Crippen molar-refractivity contribution in [1.82, 2.24) is 0 Å². The monoisotopic (exact) mass is 364 g/mol. The van der Waals surface area contributed by atoms with Gasteiger partial charge in [-0.3, -0.25) is 4.79 Å². The molecule has 2 nitrogen and oxygen atoms in total. The molecule has 0 aliphatic carbocycles. The van der Waals surface area contributed by atoms with Gasteiger partial charge in [0.2, 0.25) is 0 Å². The molecule has 0 heterocycles. The Morgan fingerprint density at radius 2 is 1.43 bits per heavy atom. The molecule has 0 saturated carbocycles. The lowest BCUT2D eigenvalue weighted by atomic mass is 9.99. The van der Waals surface area contributed by atoms with Crippen molar-refractivity contribution < 1.29 is 9.53 Å². The summed E-state index contributed by atoms with van der Waals surface area (Å²) in [5, 5.41) is 1.92. The van der Waals surface area contributed by atoms with Gasteiger partial charge in [0.25, 0.3) is 0 Å². The molecule has 28 heavy (non-hydrogen) atoms. The fourth-order valence-electron chi connectivity index (χ4n) is 3.18. The van der Waals surface area contributed by atoms with E-state index in [1.54, 1.807) is 6.08 Å². The molecule has 0 aliphatic rings. The van der Waals surface area contributed by atoms with Crippen LogP contribution in [0.25, 0.3) is 16.8 Å². The Hall–Kier alpha value is -3.65. The summed E-state index contributed by atoms with van der Waals surface area (Å²) in [6, 6.07) is 31.5. The second-order valence-corrected chi connectivity index (χ2v) is 6.54. The second kappa shape index (κ2) is 8.36. The number of rotatable bonds is 6.